The highest BCUT2D eigenvalue weighted by molar-refractivity contribution is 6.30. The average molecular weight is 862 g/mol. The number of halogens is 4. The molecule has 0 bridgehead atoms. The number of hydrogen-bond acceptors (Lipinski definition) is 14. The van der Waals surface area contributed by atoms with Crippen molar-refractivity contribution in [3.63, 3.8) is 0 Å². The van der Waals surface area contributed by atoms with E-state index in [1.54, 1.807) is 29.2 Å². The summed E-state index contributed by atoms with van der Waals surface area (Å²) in [5.74, 6) is -2.83. The minimum atomic E-state index is -1.37. The van der Waals surface area contributed by atoms with Gasteiger partial charge in [-0.3, -0.25) is 0 Å². The molecule has 0 saturated carbocycles. The lowest BCUT2D eigenvalue weighted by atomic mass is 10.2. The van der Waals surface area contributed by atoms with Crippen LogP contribution in [0.4, 0.5) is 46.2 Å². The number of rotatable bonds is 8. The molecule has 306 valence electrons. The molecule has 4 amide bonds. The van der Waals surface area contributed by atoms with Gasteiger partial charge in [-0.05, 0) is 59.6 Å². The van der Waals surface area contributed by atoms with E-state index in [2.05, 4.69) is 19.9 Å². The third kappa shape index (κ3) is 7.94. The van der Waals surface area contributed by atoms with Gasteiger partial charge >= 0.3 is 18.2 Å². The molecule has 7 aromatic rings. The Labute approximate surface area is 347 Å². The second-order valence-corrected chi connectivity index (χ2v) is 13.4. The standard InChI is InChI=1S/C39H28Cl2F2N8O9/c1-55-35-31(44-25-19-29(40)59-33(25)46-35)50(37(52)49-14-12-48(13-15-49)23-17-21(42)16-22(43)18-23)27-10-6-7-11-28(27)58-39(54)51(38(53)57-24-8-4-3-5-9-24)32-36(56-2)47-34-26(45-32)20-30(41)60-34/h3-11,16-20H,12-15H2,1-2H3. The van der Waals surface area contributed by atoms with Gasteiger partial charge < -0.3 is 37.6 Å². The fraction of sp³-hybridized carbons (Fsp3) is 0.154. The first kappa shape index (κ1) is 39.6. The summed E-state index contributed by atoms with van der Waals surface area (Å²) < 4.78 is 61.4. The SMILES string of the molecule is COc1nc2oc(Cl)cc2nc1N(C(=O)Oc1ccccc1)C(=O)Oc1ccccc1N(C(=O)N1CCN(c2cc(F)cc(F)c2)CC1)c1nc2cc(Cl)oc2nc1OC. The van der Waals surface area contributed by atoms with E-state index >= 15 is 0 Å². The first-order valence-electron chi connectivity index (χ1n) is 17.7. The molecule has 1 aliphatic heterocycles. The number of piperazine rings is 1. The summed E-state index contributed by atoms with van der Waals surface area (Å²) >= 11 is 12.2. The largest absolute Gasteiger partial charge is 0.478 e. The molecule has 1 aliphatic rings. The predicted molar refractivity (Wildman–Crippen MR) is 212 cm³/mol. The van der Waals surface area contributed by atoms with Crippen molar-refractivity contribution in [1.29, 1.82) is 0 Å². The van der Waals surface area contributed by atoms with Gasteiger partial charge in [0.25, 0.3) is 11.8 Å². The number of imide groups is 1. The Morgan fingerprint density at radius 2 is 1.23 bits per heavy atom. The van der Waals surface area contributed by atoms with Crippen molar-refractivity contribution in [2.45, 2.75) is 0 Å². The minimum Gasteiger partial charge on any atom is -0.478 e. The van der Waals surface area contributed by atoms with Gasteiger partial charge in [0.2, 0.25) is 23.1 Å². The summed E-state index contributed by atoms with van der Waals surface area (Å²) in [5.41, 5.74) is 0.383. The molecule has 17 nitrogen and oxygen atoms in total. The predicted octanol–water partition coefficient (Wildman–Crippen LogP) is 8.65. The van der Waals surface area contributed by atoms with Crippen LogP contribution >= 0.6 is 23.2 Å². The van der Waals surface area contributed by atoms with Gasteiger partial charge in [-0.2, -0.15) is 14.9 Å². The molecule has 0 radical (unpaired) electrons. The second kappa shape index (κ2) is 16.5. The summed E-state index contributed by atoms with van der Waals surface area (Å²) in [5, 5.41) is -0.124. The van der Waals surface area contributed by atoms with E-state index < -0.39 is 35.7 Å². The van der Waals surface area contributed by atoms with Gasteiger partial charge in [-0.1, -0.05) is 30.3 Å². The first-order valence-corrected chi connectivity index (χ1v) is 18.4. The van der Waals surface area contributed by atoms with Gasteiger partial charge in [0.15, 0.2) is 16.2 Å². The summed E-state index contributed by atoms with van der Waals surface area (Å²) in [6.45, 7) is 0.518. The average Bonchev–Trinajstić information content (AvgIpc) is 3.80. The van der Waals surface area contributed by atoms with Crippen LogP contribution in [0.25, 0.3) is 22.5 Å². The van der Waals surface area contributed by atoms with Crippen LogP contribution in [0.1, 0.15) is 0 Å². The molecule has 0 unspecified atom stereocenters. The van der Waals surface area contributed by atoms with E-state index in [0.717, 1.165) is 11.0 Å². The molecule has 5 heterocycles. The van der Waals surface area contributed by atoms with Gasteiger partial charge in [0.1, 0.15) is 28.4 Å². The summed E-state index contributed by atoms with van der Waals surface area (Å²) in [6, 6.07) is 18.9. The number of fused-ring (bicyclic) bond motifs is 2. The van der Waals surface area contributed by atoms with E-state index in [-0.39, 0.29) is 93.8 Å². The first-order chi connectivity index (χ1) is 29.0. The maximum atomic E-state index is 14.8. The number of para-hydroxylation sites is 3. The van der Waals surface area contributed by atoms with E-state index in [9.17, 15) is 23.2 Å². The van der Waals surface area contributed by atoms with Crippen LogP contribution in [0.3, 0.4) is 0 Å². The molecule has 3 aromatic carbocycles. The molecule has 1 saturated heterocycles. The number of hydrogen-bond donors (Lipinski definition) is 0. The summed E-state index contributed by atoms with van der Waals surface area (Å²) in [7, 11) is 2.52. The van der Waals surface area contributed by atoms with Crippen molar-refractivity contribution < 1.29 is 50.9 Å². The van der Waals surface area contributed by atoms with Gasteiger partial charge in [0, 0.05) is 50.1 Å². The molecular weight excluding hydrogens is 833 g/mol. The van der Waals surface area contributed by atoms with Crippen molar-refractivity contribution >= 4 is 86.9 Å². The number of urea groups is 1. The van der Waals surface area contributed by atoms with Crippen LogP contribution < -0.4 is 33.6 Å². The second-order valence-electron chi connectivity index (χ2n) is 12.7. The monoisotopic (exact) mass is 860 g/mol. The zero-order valence-corrected chi connectivity index (χ0v) is 32.7. The van der Waals surface area contributed by atoms with E-state index in [0.29, 0.717) is 10.6 Å². The Morgan fingerprint density at radius 1 is 0.683 bits per heavy atom. The van der Waals surface area contributed by atoms with E-state index in [1.807, 2.05) is 0 Å². The Hall–Kier alpha value is -7.25. The third-order valence-electron chi connectivity index (χ3n) is 8.95. The summed E-state index contributed by atoms with van der Waals surface area (Å²) in [4.78, 5) is 65.5. The molecule has 21 heteroatoms. The zero-order valence-electron chi connectivity index (χ0n) is 31.2. The highest BCUT2D eigenvalue weighted by Crippen LogP contribution is 2.40. The Bertz CT molecular complexity index is 2750. The molecule has 0 atom stereocenters. The van der Waals surface area contributed by atoms with Crippen molar-refractivity contribution in [3.05, 3.63) is 107 Å². The summed E-state index contributed by atoms with van der Waals surface area (Å²) in [6.07, 6.45) is -2.65. The van der Waals surface area contributed by atoms with Crippen LogP contribution in [-0.4, -0.2) is 83.5 Å². The van der Waals surface area contributed by atoms with Gasteiger partial charge in [0.05, 0.1) is 19.9 Å². The normalized spacial score (nSPS) is 12.7. The molecule has 0 spiro atoms. The van der Waals surface area contributed by atoms with Crippen LogP contribution in [0.15, 0.2) is 93.8 Å². The molecule has 8 rings (SSSR count). The van der Waals surface area contributed by atoms with Crippen LogP contribution in [0.2, 0.25) is 10.4 Å². The van der Waals surface area contributed by atoms with Crippen LogP contribution in [0.5, 0.6) is 23.3 Å². The maximum absolute atomic E-state index is 14.8. The van der Waals surface area contributed by atoms with Crippen molar-refractivity contribution in [2.24, 2.45) is 0 Å². The molecular formula is C39H28Cl2F2N8O9. The van der Waals surface area contributed by atoms with Gasteiger partial charge in [-0.15, -0.1) is 0 Å². The quantitative estimate of drug-likeness (QED) is 0.142. The Kier molecular flexibility index (Phi) is 10.9. The number of carbonyl (C=O) groups is 3. The molecule has 0 aliphatic carbocycles. The number of anilines is 4. The van der Waals surface area contributed by atoms with Crippen molar-refractivity contribution in [2.75, 3.05) is 55.1 Å². The highest BCUT2D eigenvalue weighted by Gasteiger charge is 2.37. The number of aromatic nitrogens is 4. The highest BCUT2D eigenvalue weighted by atomic mass is 35.5. The van der Waals surface area contributed by atoms with Gasteiger partial charge in [-0.25, -0.2) is 38.0 Å². The fourth-order valence-electron chi connectivity index (χ4n) is 6.26. The van der Waals surface area contributed by atoms with Crippen molar-refractivity contribution in [3.8, 4) is 23.3 Å². The topological polar surface area (TPSA) is 179 Å². The maximum Gasteiger partial charge on any atom is 0.431 e. The number of nitrogens with zero attached hydrogens (tertiary/aromatic N) is 8. The zero-order chi connectivity index (χ0) is 42.1. The smallest absolute Gasteiger partial charge is 0.431 e. The van der Waals surface area contributed by atoms with Crippen molar-refractivity contribution in [1.82, 2.24) is 24.8 Å². The van der Waals surface area contributed by atoms with E-state index in [4.69, 9.17) is 51.0 Å². The lowest BCUT2D eigenvalue weighted by molar-refractivity contribution is 0.189. The van der Waals surface area contributed by atoms with E-state index in [1.165, 1.54) is 73.7 Å². The number of methoxy groups -OCH3 is 2. The lowest BCUT2D eigenvalue weighted by Crippen LogP contribution is -2.52. The molecule has 4 aromatic heterocycles. The van der Waals surface area contributed by atoms with Crippen LogP contribution in [0, 0.1) is 11.6 Å². The molecule has 1 fully saturated rings. The fourth-order valence-corrected chi connectivity index (χ4v) is 6.61. The Morgan fingerprint density at radius 3 is 1.85 bits per heavy atom. The Balaban J connectivity index is 1.19. The number of amides is 4. The number of benzene rings is 3. The number of ether oxygens (including phenoxy) is 4. The lowest BCUT2D eigenvalue weighted by Gasteiger charge is -2.38. The number of carbonyl (C=O) groups excluding carboxylic acids is 3. The molecule has 60 heavy (non-hydrogen) atoms. The minimum absolute atomic E-state index is 0.00200. The number of furan rings is 2. The molecule has 0 N–H and O–H groups in total. The van der Waals surface area contributed by atoms with Crippen LogP contribution in [-0.2, 0) is 0 Å². The third-order valence-corrected chi connectivity index (χ3v) is 9.32.